The Kier molecular flexibility index (Phi) is 5.37. The minimum absolute atomic E-state index is 0.140. The molecule has 1 rings (SSSR count). The fraction of sp³-hybridized carbons (Fsp3) is 0.250. The first kappa shape index (κ1) is 15.0. The molecule has 1 aromatic rings. The smallest absolute Gasteiger partial charge is 0.406 e. The van der Waals surface area contributed by atoms with E-state index in [-0.39, 0.29) is 18.9 Å². The highest BCUT2D eigenvalue weighted by molar-refractivity contribution is 5.91. The highest BCUT2D eigenvalue weighted by atomic mass is 19.4. The van der Waals surface area contributed by atoms with Crippen LogP contribution in [-0.2, 0) is 4.79 Å². The number of carbonyl (C=O) groups excluding carboxylic acids is 1. The Bertz CT molecular complexity index is 441. The molecule has 0 saturated heterocycles. The van der Waals surface area contributed by atoms with Crippen LogP contribution in [0.15, 0.2) is 30.3 Å². The zero-order chi connectivity index (χ0) is 14.3. The number of hydrogen-bond donors (Lipinski definition) is 2. The molecular formula is C12H12F3NO3. The van der Waals surface area contributed by atoms with E-state index >= 15 is 0 Å². The molecular weight excluding hydrogens is 263 g/mol. The first-order valence-electron chi connectivity index (χ1n) is 5.33. The Hall–Kier alpha value is -2.02. The van der Waals surface area contributed by atoms with Crippen molar-refractivity contribution in [1.82, 2.24) is 5.32 Å². The SMILES string of the molecule is O=C(/C=C\c1ccc(OC(F)(F)F)cc1)NCCO. The second-order valence-corrected chi connectivity index (χ2v) is 3.46. The van der Waals surface area contributed by atoms with Gasteiger partial charge in [-0.1, -0.05) is 12.1 Å². The van der Waals surface area contributed by atoms with Crippen molar-refractivity contribution in [3.63, 3.8) is 0 Å². The zero-order valence-corrected chi connectivity index (χ0v) is 9.78. The third kappa shape index (κ3) is 6.46. The van der Waals surface area contributed by atoms with Gasteiger partial charge in [0.2, 0.25) is 5.91 Å². The molecule has 0 heterocycles. The van der Waals surface area contributed by atoms with E-state index in [2.05, 4.69) is 10.1 Å². The number of carbonyl (C=O) groups is 1. The van der Waals surface area contributed by atoms with Crippen LogP contribution in [0.5, 0.6) is 5.75 Å². The summed E-state index contributed by atoms with van der Waals surface area (Å²) in [5.74, 6) is -0.723. The molecule has 0 bridgehead atoms. The maximum absolute atomic E-state index is 11.9. The molecule has 0 atom stereocenters. The van der Waals surface area contributed by atoms with Gasteiger partial charge in [0, 0.05) is 12.6 Å². The predicted octanol–water partition coefficient (Wildman–Crippen LogP) is 1.71. The van der Waals surface area contributed by atoms with Gasteiger partial charge in [-0.05, 0) is 23.8 Å². The minimum Gasteiger partial charge on any atom is -0.406 e. The molecule has 0 aliphatic carbocycles. The van der Waals surface area contributed by atoms with Crippen LogP contribution < -0.4 is 10.1 Å². The zero-order valence-electron chi connectivity index (χ0n) is 9.78. The molecule has 2 N–H and O–H groups in total. The summed E-state index contributed by atoms with van der Waals surface area (Å²) in [5, 5.41) is 10.9. The van der Waals surface area contributed by atoms with Crippen LogP contribution in [-0.4, -0.2) is 30.5 Å². The van der Waals surface area contributed by atoms with Gasteiger partial charge >= 0.3 is 6.36 Å². The quantitative estimate of drug-likeness (QED) is 0.804. The van der Waals surface area contributed by atoms with Gasteiger partial charge in [0.25, 0.3) is 0 Å². The summed E-state index contributed by atoms with van der Waals surface area (Å²) in [4.78, 5) is 11.1. The number of ether oxygens (including phenoxy) is 1. The number of halogens is 3. The van der Waals surface area contributed by atoms with Gasteiger partial charge in [0.05, 0.1) is 6.61 Å². The van der Waals surface area contributed by atoms with Crippen LogP contribution in [0.3, 0.4) is 0 Å². The lowest BCUT2D eigenvalue weighted by molar-refractivity contribution is -0.274. The Balaban J connectivity index is 2.57. The Morgan fingerprint density at radius 2 is 1.95 bits per heavy atom. The van der Waals surface area contributed by atoms with Crippen molar-refractivity contribution in [3.05, 3.63) is 35.9 Å². The van der Waals surface area contributed by atoms with E-state index in [0.29, 0.717) is 5.56 Å². The van der Waals surface area contributed by atoms with Gasteiger partial charge in [-0.3, -0.25) is 4.79 Å². The van der Waals surface area contributed by atoms with E-state index in [9.17, 15) is 18.0 Å². The summed E-state index contributed by atoms with van der Waals surface area (Å²) in [6.07, 6.45) is -2.07. The number of alkyl halides is 3. The molecule has 0 spiro atoms. The van der Waals surface area contributed by atoms with Crippen LogP contribution in [0.4, 0.5) is 13.2 Å². The van der Waals surface area contributed by atoms with Gasteiger partial charge in [-0.25, -0.2) is 0 Å². The number of hydrogen-bond acceptors (Lipinski definition) is 3. The fourth-order valence-electron chi connectivity index (χ4n) is 1.19. The average molecular weight is 275 g/mol. The number of benzene rings is 1. The lowest BCUT2D eigenvalue weighted by Gasteiger charge is -2.08. The molecule has 0 fully saturated rings. The van der Waals surface area contributed by atoms with Gasteiger partial charge in [0.15, 0.2) is 0 Å². The number of rotatable bonds is 5. The summed E-state index contributed by atoms with van der Waals surface area (Å²) in [7, 11) is 0. The Labute approximate surface area is 107 Å². The molecule has 1 aromatic carbocycles. The van der Waals surface area contributed by atoms with Crippen molar-refractivity contribution >= 4 is 12.0 Å². The van der Waals surface area contributed by atoms with Crippen LogP contribution in [0.25, 0.3) is 6.08 Å². The molecule has 7 heteroatoms. The van der Waals surface area contributed by atoms with Crippen molar-refractivity contribution in [1.29, 1.82) is 0 Å². The van der Waals surface area contributed by atoms with E-state index in [4.69, 9.17) is 5.11 Å². The first-order valence-corrected chi connectivity index (χ1v) is 5.33. The van der Waals surface area contributed by atoms with E-state index < -0.39 is 12.3 Å². The molecule has 0 aromatic heterocycles. The monoisotopic (exact) mass is 275 g/mol. The molecule has 4 nitrogen and oxygen atoms in total. The van der Waals surface area contributed by atoms with E-state index in [1.165, 1.54) is 24.3 Å². The second kappa shape index (κ2) is 6.79. The minimum atomic E-state index is -4.72. The molecule has 0 saturated carbocycles. The second-order valence-electron chi connectivity index (χ2n) is 3.46. The molecule has 1 amide bonds. The van der Waals surface area contributed by atoms with Crippen molar-refractivity contribution in [2.75, 3.05) is 13.2 Å². The standard InChI is InChI=1S/C12H12F3NO3/c13-12(14,15)19-10-4-1-9(2-5-10)3-6-11(18)16-7-8-17/h1-6,17H,7-8H2,(H,16,18)/b6-3-. The van der Waals surface area contributed by atoms with Crippen LogP contribution >= 0.6 is 0 Å². The van der Waals surface area contributed by atoms with Gasteiger partial charge in [0.1, 0.15) is 5.75 Å². The van der Waals surface area contributed by atoms with Crippen LogP contribution in [0.2, 0.25) is 0 Å². The highest BCUT2D eigenvalue weighted by Crippen LogP contribution is 2.22. The van der Waals surface area contributed by atoms with Crippen molar-refractivity contribution < 1.29 is 27.8 Å². The molecule has 0 radical (unpaired) electrons. The number of aliphatic hydroxyl groups excluding tert-OH is 1. The molecule has 0 aliphatic heterocycles. The third-order valence-corrected chi connectivity index (χ3v) is 1.95. The third-order valence-electron chi connectivity index (χ3n) is 1.95. The fourth-order valence-corrected chi connectivity index (χ4v) is 1.19. The number of amides is 1. The summed E-state index contributed by atoms with van der Waals surface area (Å²) in [5.41, 5.74) is 0.550. The molecule has 0 unspecified atom stereocenters. The molecule has 19 heavy (non-hydrogen) atoms. The summed E-state index contributed by atoms with van der Waals surface area (Å²) >= 11 is 0. The lowest BCUT2D eigenvalue weighted by atomic mass is 10.2. The average Bonchev–Trinajstić information content (AvgIpc) is 2.33. The van der Waals surface area contributed by atoms with E-state index in [1.807, 2.05) is 0 Å². The van der Waals surface area contributed by atoms with E-state index in [1.54, 1.807) is 0 Å². The predicted molar refractivity (Wildman–Crippen MR) is 62.3 cm³/mol. The van der Waals surface area contributed by atoms with Crippen molar-refractivity contribution in [2.24, 2.45) is 0 Å². The molecule has 0 aliphatic rings. The number of nitrogens with one attached hydrogen (secondary N) is 1. The first-order chi connectivity index (χ1) is 8.90. The van der Waals surface area contributed by atoms with Gasteiger partial charge in [-0.2, -0.15) is 0 Å². The normalized spacial score (nSPS) is 11.6. The Morgan fingerprint density at radius 3 is 2.47 bits per heavy atom. The summed E-state index contributed by atoms with van der Waals surface area (Å²) < 4.78 is 39.4. The Morgan fingerprint density at radius 1 is 1.32 bits per heavy atom. The number of aliphatic hydroxyl groups is 1. The summed E-state index contributed by atoms with van der Waals surface area (Å²) in [6.45, 7) is -0.0232. The van der Waals surface area contributed by atoms with Gasteiger partial charge in [-0.15, -0.1) is 13.2 Å². The largest absolute Gasteiger partial charge is 0.573 e. The van der Waals surface area contributed by atoms with E-state index in [0.717, 1.165) is 12.1 Å². The highest BCUT2D eigenvalue weighted by Gasteiger charge is 2.30. The van der Waals surface area contributed by atoms with Crippen molar-refractivity contribution in [2.45, 2.75) is 6.36 Å². The van der Waals surface area contributed by atoms with Gasteiger partial charge < -0.3 is 15.2 Å². The topological polar surface area (TPSA) is 58.6 Å². The van der Waals surface area contributed by atoms with Crippen LogP contribution in [0, 0.1) is 0 Å². The lowest BCUT2D eigenvalue weighted by Crippen LogP contribution is -2.24. The summed E-state index contributed by atoms with van der Waals surface area (Å²) in [6, 6.07) is 5.07. The van der Waals surface area contributed by atoms with Crippen LogP contribution in [0.1, 0.15) is 5.56 Å². The maximum Gasteiger partial charge on any atom is 0.573 e. The molecule has 104 valence electrons. The maximum atomic E-state index is 11.9. The van der Waals surface area contributed by atoms with Crippen molar-refractivity contribution in [3.8, 4) is 5.75 Å².